The highest BCUT2D eigenvalue weighted by atomic mass is 14.7. The highest BCUT2D eigenvalue weighted by Gasteiger charge is 1.99. The molecule has 0 spiro atoms. The Morgan fingerprint density at radius 2 is 0.286 bits per heavy atom. The molecule has 0 unspecified atom stereocenters. The van der Waals surface area contributed by atoms with E-state index in [1.54, 1.807) is 0 Å². The van der Waals surface area contributed by atoms with E-state index in [2.05, 4.69) is 34.3 Å². The topological polar surface area (TPSA) is 24.7 Å². The fraction of sp³-hybridized carbons (Fsp3) is 0.920. The van der Waals surface area contributed by atoms with Crippen LogP contribution in [0.3, 0.4) is 0 Å². The number of aliphatic imine (C=N–C) groups is 2. The van der Waals surface area contributed by atoms with Gasteiger partial charge in [-0.15, -0.1) is 0 Å². The molecule has 0 aromatic heterocycles. The fourth-order valence-electron chi connectivity index (χ4n) is 8.61. The maximum Gasteiger partial charge on any atom is 0.0388 e. The third-order valence-electron chi connectivity index (χ3n) is 12.6. The summed E-state index contributed by atoms with van der Waals surface area (Å²) in [6.07, 6.45) is 81.4. The molecule has 0 aromatic rings. The molecular weight excluding hydrogens is 929 g/mol. The zero-order valence-corrected chi connectivity index (χ0v) is 59.0. The Morgan fingerprint density at radius 1 is 0.143 bits per heavy atom. The maximum absolute atomic E-state index is 4.05. The number of hydrogen-bond acceptors (Lipinski definition) is 2. The zero-order chi connectivity index (χ0) is 60.3. The molecule has 0 aromatic carbocycles. The first kappa shape index (κ1) is 98.0. The van der Waals surface area contributed by atoms with E-state index in [9.17, 15) is 0 Å². The molecule has 2 nitrogen and oxygen atoms in total. The minimum atomic E-state index is 1.07. The molecule has 0 N–H and O–H groups in total. The van der Waals surface area contributed by atoms with Crippen molar-refractivity contribution in [2.75, 3.05) is 13.1 Å². The smallest absolute Gasteiger partial charge is 0.0388 e. The lowest BCUT2D eigenvalue weighted by Gasteiger charge is -2.05. The van der Waals surface area contributed by atoms with Gasteiger partial charge >= 0.3 is 0 Å². The van der Waals surface area contributed by atoms with Crippen molar-refractivity contribution < 1.29 is 0 Å². The molecule has 77 heavy (non-hydrogen) atoms. The van der Waals surface area contributed by atoms with Crippen LogP contribution in [0.25, 0.3) is 0 Å². The lowest BCUT2D eigenvalue weighted by molar-refractivity contribution is 0.504. The van der Waals surface area contributed by atoms with Crippen molar-refractivity contribution in [3.63, 3.8) is 0 Å². The van der Waals surface area contributed by atoms with Crippen molar-refractivity contribution in [3.05, 3.63) is 24.3 Å². The first-order chi connectivity index (χ1) is 38.5. The van der Waals surface area contributed by atoms with E-state index in [4.69, 9.17) is 0 Å². The molecule has 8 aliphatic carbocycles. The normalized spacial score (nSPS) is 17.7. The Kier molecular flexibility index (Phi) is 166. The lowest BCUT2D eigenvalue weighted by atomic mass is 10.0. The third-order valence-corrected chi connectivity index (χ3v) is 12.6. The molecule has 2 heteroatoms. The predicted molar refractivity (Wildman–Crippen MR) is 375 cm³/mol. The number of nitrogens with zero attached hydrogens (tertiary/aromatic N) is 2. The van der Waals surface area contributed by atoms with Gasteiger partial charge in [-0.2, -0.15) is 0 Å². The highest BCUT2D eigenvalue weighted by Crippen LogP contribution is 2.18. The Labute approximate surface area is 497 Å². The monoisotopic (exact) mass is 1090 g/mol. The summed E-state index contributed by atoms with van der Waals surface area (Å²) in [7, 11) is 0. The van der Waals surface area contributed by atoms with Gasteiger partial charge in [0, 0.05) is 13.1 Å². The van der Waals surface area contributed by atoms with Crippen molar-refractivity contribution in [1.29, 1.82) is 0 Å². The fourth-order valence-corrected chi connectivity index (χ4v) is 8.61. The molecule has 6 fully saturated rings. The van der Waals surface area contributed by atoms with Crippen LogP contribution in [0, 0.1) is 0 Å². The quantitative estimate of drug-likeness (QED) is 0.171. The average molecular weight is 1090 g/mol. The molecule has 2 aliphatic heterocycles. The molecule has 6 saturated carbocycles. The first-order valence-corrected chi connectivity index (χ1v) is 36.8. The van der Waals surface area contributed by atoms with Gasteiger partial charge in [-0.25, -0.2) is 0 Å². The van der Waals surface area contributed by atoms with Crippen molar-refractivity contribution in [3.8, 4) is 0 Å². The van der Waals surface area contributed by atoms with E-state index >= 15 is 0 Å². The maximum atomic E-state index is 4.05. The average Bonchev–Trinajstić information content (AvgIpc) is 4.48. The van der Waals surface area contributed by atoms with Crippen LogP contribution in [-0.4, -0.2) is 25.5 Å². The van der Waals surface area contributed by atoms with Crippen LogP contribution in [0.1, 0.15) is 440 Å². The van der Waals surface area contributed by atoms with E-state index in [-0.39, 0.29) is 0 Å². The third kappa shape index (κ3) is 127. The summed E-state index contributed by atoms with van der Waals surface area (Å²) in [5, 5.41) is 0. The van der Waals surface area contributed by atoms with Crippen LogP contribution in [0.2, 0.25) is 0 Å². The Balaban J connectivity index is -0.0000000782. The van der Waals surface area contributed by atoms with Gasteiger partial charge in [0.15, 0.2) is 0 Å². The largest absolute Gasteiger partial charge is 0.298 e. The molecule has 0 radical (unpaired) electrons. The van der Waals surface area contributed by atoms with Crippen LogP contribution in [-0.2, 0) is 0 Å². The summed E-state index contributed by atoms with van der Waals surface area (Å²) in [6, 6.07) is 0. The van der Waals surface area contributed by atoms with E-state index in [1.165, 1.54) is 302 Å². The van der Waals surface area contributed by atoms with Gasteiger partial charge in [0.25, 0.3) is 0 Å². The van der Waals surface area contributed by atoms with Crippen LogP contribution in [0.4, 0.5) is 0 Å². The molecule has 0 saturated heterocycles. The Hall–Kier alpha value is -1.18. The first-order valence-electron chi connectivity index (χ1n) is 36.8. The zero-order valence-electron chi connectivity index (χ0n) is 59.0. The van der Waals surface area contributed by atoms with Crippen LogP contribution >= 0.6 is 0 Å². The van der Waals surface area contributed by atoms with Crippen molar-refractivity contribution in [1.82, 2.24) is 0 Å². The summed E-state index contributed by atoms with van der Waals surface area (Å²) < 4.78 is 0. The molecule has 2 heterocycles. The van der Waals surface area contributed by atoms with E-state index < -0.39 is 0 Å². The van der Waals surface area contributed by atoms with Crippen LogP contribution in [0.15, 0.2) is 34.3 Å². The predicted octanol–water partition coefficient (Wildman–Crippen LogP) is 29.9. The van der Waals surface area contributed by atoms with Crippen LogP contribution in [0.5, 0.6) is 0 Å². The second-order valence-corrected chi connectivity index (χ2v) is 18.3. The highest BCUT2D eigenvalue weighted by molar-refractivity contribution is 5.58. The minimum Gasteiger partial charge on any atom is -0.298 e. The number of hydrogen-bond donors (Lipinski definition) is 0. The molecule has 0 atom stereocenters. The van der Waals surface area contributed by atoms with Gasteiger partial charge in [-0.05, 0) is 89.5 Å². The van der Waals surface area contributed by atoms with Gasteiger partial charge in [0.2, 0.25) is 0 Å². The van der Waals surface area contributed by atoms with Crippen molar-refractivity contribution in [2.24, 2.45) is 9.98 Å². The van der Waals surface area contributed by atoms with Crippen molar-refractivity contribution >= 4 is 12.4 Å². The molecule has 0 bridgehead atoms. The van der Waals surface area contributed by atoms with Gasteiger partial charge in [0.1, 0.15) is 0 Å². The van der Waals surface area contributed by atoms with E-state index in [0.717, 1.165) is 13.1 Å². The van der Waals surface area contributed by atoms with E-state index in [0.29, 0.717) is 0 Å². The van der Waals surface area contributed by atoms with Crippen molar-refractivity contribution in [2.45, 2.75) is 440 Å². The molecule has 0 amide bonds. The summed E-state index contributed by atoms with van der Waals surface area (Å²) in [4.78, 5) is 8.01. The Morgan fingerprint density at radius 3 is 0.351 bits per heavy atom. The summed E-state index contributed by atoms with van der Waals surface area (Å²) in [5.41, 5.74) is 0. The van der Waals surface area contributed by atoms with Gasteiger partial charge in [-0.1, -0.05) is 388 Å². The summed E-state index contributed by atoms with van der Waals surface area (Å²) in [6.45, 7) is 42.1. The minimum absolute atomic E-state index is 1.07. The van der Waals surface area contributed by atoms with Gasteiger partial charge in [-0.3, -0.25) is 9.98 Å². The second kappa shape index (κ2) is 131. The van der Waals surface area contributed by atoms with Crippen LogP contribution < -0.4 is 0 Å². The summed E-state index contributed by atoms with van der Waals surface area (Å²) in [5.74, 6) is 0. The number of rotatable bonds is 0. The molecular formula is C75H164N2. The van der Waals surface area contributed by atoms with Gasteiger partial charge < -0.3 is 0 Å². The lowest BCUT2D eigenvalue weighted by Crippen LogP contribution is -1.89. The molecule has 10 aliphatic rings. The Bertz CT molecular complexity index is 650. The molecule has 474 valence electrons. The molecule has 10 rings (SSSR count). The SMILES string of the molecule is C1=CCCC1.C1=CCCCC1.C1=NCCC1.C1=NCCCC1.C1CCCC1.C1CCCC1.C1CCCCC1.C1CCCCC1.C1CCCCC1.C1CCCCCC1.CC.CC.CC.CC.CC.CC.CC.CC.CC.CC. The van der Waals surface area contributed by atoms with Gasteiger partial charge in [0.05, 0.1) is 0 Å². The number of allylic oxidation sites excluding steroid dienone is 4. The standard InChI is InChI=1S/C7H14.3C6H12.C6H10.C5H9N.2C5H10.C5H8.C4H7N.10C2H6/c1-2-4-6-7-5-3-1;5*1-2-4-6-5-3-1;4*1-2-4-5-3-1;10*1-2/h1-7H2;3*1-6H2;1-2H,3-6H2;4H,1-3,5H2;2*1-5H2;1-2H,3-5H2;3H,1-2,4H2;10*1-2H3. The summed E-state index contributed by atoms with van der Waals surface area (Å²) >= 11 is 0. The van der Waals surface area contributed by atoms with E-state index in [1.807, 2.05) is 151 Å². The second-order valence-electron chi connectivity index (χ2n) is 18.3.